The van der Waals surface area contributed by atoms with Crippen LogP contribution in [0.4, 0.5) is 13.2 Å². The molecule has 1 N–H and O–H groups in total. The first-order valence-electron chi connectivity index (χ1n) is 10.9. The molecule has 2 aliphatic heterocycles. The lowest BCUT2D eigenvalue weighted by atomic mass is 9.97. The SMILES string of the molecule is CC[C@@H](NC(=O)c1cc(C(=O)N2CCCC2)n2c1COCC2)c1ccccc1C(F)(F)F. The van der Waals surface area contributed by atoms with Gasteiger partial charge in [0.1, 0.15) is 5.69 Å². The summed E-state index contributed by atoms with van der Waals surface area (Å²) in [6.45, 7) is 4.14. The van der Waals surface area contributed by atoms with Gasteiger partial charge in [-0.3, -0.25) is 9.59 Å². The first-order valence-corrected chi connectivity index (χ1v) is 10.9. The Balaban J connectivity index is 1.64. The molecule has 0 radical (unpaired) electrons. The van der Waals surface area contributed by atoms with Crippen LogP contribution in [0.3, 0.4) is 0 Å². The maximum absolute atomic E-state index is 13.5. The highest BCUT2D eigenvalue weighted by Gasteiger charge is 2.36. The fraction of sp³-hybridized carbons (Fsp3) is 0.478. The number of amides is 2. The van der Waals surface area contributed by atoms with Crippen molar-refractivity contribution in [2.45, 2.75) is 51.6 Å². The van der Waals surface area contributed by atoms with E-state index in [-0.39, 0.29) is 30.1 Å². The molecule has 1 fully saturated rings. The third-order valence-electron chi connectivity index (χ3n) is 6.12. The van der Waals surface area contributed by atoms with Crippen LogP contribution in [0.25, 0.3) is 0 Å². The van der Waals surface area contributed by atoms with Crippen molar-refractivity contribution < 1.29 is 27.5 Å². The van der Waals surface area contributed by atoms with E-state index in [2.05, 4.69) is 5.32 Å². The molecule has 2 aliphatic rings. The second kappa shape index (κ2) is 8.97. The average Bonchev–Trinajstić information content (AvgIpc) is 3.45. The van der Waals surface area contributed by atoms with Crippen LogP contribution in [-0.2, 0) is 24.1 Å². The molecule has 4 rings (SSSR count). The van der Waals surface area contributed by atoms with Crippen LogP contribution in [0.15, 0.2) is 30.3 Å². The summed E-state index contributed by atoms with van der Waals surface area (Å²) in [7, 11) is 0. The summed E-state index contributed by atoms with van der Waals surface area (Å²) in [5.41, 5.74) is 0.539. The van der Waals surface area contributed by atoms with Gasteiger partial charge in [-0.15, -0.1) is 0 Å². The van der Waals surface area contributed by atoms with E-state index in [9.17, 15) is 22.8 Å². The van der Waals surface area contributed by atoms with E-state index in [1.54, 1.807) is 17.9 Å². The minimum Gasteiger partial charge on any atom is -0.373 e. The maximum Gasteiger partial charge on any atom is 0.416 e. The van der Waals surface area contributed by atoms with Gasteiger partial charge in [0, 0.05) is 19.6 Å². The van der Waals surface area contributed by atoms with Crippen LogP contribution in [-0.4, -0.2) is 41.0 Å². The van der Waals surface area contributed by atoms with Crippen LogP contribution in [0.1, 0.15) is 69.9 Å². The third-order valence-corrected chi connectivity index (χ3v) is 6.12. The molecule has 9 heteroatoms. The van der Waals surface area contributed by atoms with Crippen molar-refractivity contribution in [3.8, 4) is 0 Å². The molecule has 3 heterocycles. The van der Waals surface area contributed by atoms with Crippen molar-refractivity contribution in [1.29, 1.82) is 0 Å². The van der Waals surface area contributed by atoms with Crippen molar-refractivity contribution in [2.24, 2.45) is 0 Å². The van der Waals surface area contributed by atoms with Crippen LogP contribution >= 0.6 is 0 Å². The monoisotopic (exact) mass is 449 g/mol. The van der Waals surface area contributed by atoms with E-state index in [1.165, 1.54) is 18.2 Å². The molecule has 32 heavy (non-hydrogen) atoms. The predicted molar refractivity (Wildman–Crippen MR) is 111 cm³/mol. The lowest BCUT2D eigenvalue weighted by molar-refractivity contribution is -0.138. The van der Waals surface area contributed by atoms with Gasteiger partial charge < -0.3 is 19.5 Å². The number of fused-ring (bicyclic) bond motifs is 1. The molecule has 2 amide bonds. The molecule has 0 saturated carbocycles. The Hall–Kier alpha value is -2.81. The molecule has 1 aromatic heterocycles. The Morgan fingerprint density at radius 2 is 1.88 bits per heavy atom. The van der Waals surface area contributed by atoms with E-state index < -0.39 is 23.7 Å². The molecule has 0 unspecified atom stereocenters. The average molecular weight is 449 g/mol. The van der Waals surface area contributed by atoms with Gasteiger partial charge in [-0.25, -0.2) is 0 Å². The van der Waals surface area contributed by atoms with E-state index in [0.717, 1.165) is 18.9 Å². The third kappa shape index (κ3) is 4.26. The van der Waals surface area contributed by atoms with E-state index >= 15 is 0 Å². The number of halogens is 3. The number of nitrogens with one attached hydrogen (secondary N) is 1. The molecule has 1 saturated heterocycles. The molecule has 0 aliphatic carbocycles. The van der Waals surface area contributed by atoms with Gasteiger partial charge in [0.15, 0.2) is 0 Å². The standard InChI is InChI=1S/C23H26F3N3O3/c1-2-18(15-7-3-4-8-17(15)23(24,25)26)27-21(30)16-13-19(22(31)28-9-5-6-10-28)29-11-12-32-14-20(16)29/h3-4,7-8,13,18H,2,5-6,9-12,14H2,1H3,(H,27,30)/t18-/m1/s1. The molecular weight excluding hydrogens is 423 g/mol. The minimum absolute atomic E-state index is 0.0218. The number of aromatic nitrogens is 1. The molecule has 1 aromatic carbocycles. The number of hydrogen-bond acceptors (Lipinski definition) is 3. The summed E-state index contributed by atoms with van der Waals surface area (Å²) < 4.78 is 47.8. The number of benzene rings is 1. The van der Waals surface area contributed by atoms with Crippen LogP contribution in [0, 0.1) is 0 Å². The van der Waals surface area contributed by atoms with Gasteiger partial charge in [-0.1, -0.05) is 25.1 Å². The highest BCUT2D eigenvalue weighted by Crippen LogP contribution is 2.35. The Labute approximate surface area is 184 Å². The van der Waals surface area contributed by atoms with E-state index in [4.69, 9.17) is 4.74 Å². The zero-order valence-electron chi connectivity index (χ0n) is 17.9. The zero-order valence-corrected chi connectivity index (χ0v) is 17.9. The van der Waals surface area contributed by atoms with Gasteiger partial charge in [0.05, 0.1) is 36.1 Å². The molecule has 172 valence electrons. The number of ether oxygens (including phenoxy) is 1. The number of rotatable bonds is 5. The van der Waals surface area contributed by atoms with Crippen molar-refractivity contribution >= 4 is 11.8 Å². The number of nitrogens with zero attached hydrogens (tertiary/aromatic N) is 2. The topological polar surface area (TPSA) is 63.6 Å². The minimum atomic E-state index is -4.52. The Morgan fingerprint density at radius 3 is 2.56 bits per heavy atom. The number of alkyl halides is 3. The highest BCUT2D eigenvalue weighted by molar-refractivity contribution is 6.01. The Morgan fingerprint density at radius 1 is 1.16 bits per heavy atom. The van der Waals surface area contributed by atoms with Crippen LogP contribution in [0.2, 0.25) is 0 Å². The van der Waals surface area contributed by atoms with Crippen molar-refractivity contribution in [3.05, 3.63) is 58.4 Å². The summed E-state index contributed by atoms with van der Waals surface area (Å²) in [5.74, 6) is -0.636. The van der Waals surface area contributed by atoms with E-state index in [0.29, 0.717) is 37.6 Å². The summed E-state index contributed by atoms with van der Waals surface area (Å²) in [5, 5.41) is 2.75. The molecular formula is C23H26F3N3O3. The first kappa shape index (κ1) is 22.4. The second-order valence-corrected chi connectivity index (χ2v) is 8.11. The number of hydrogen-bond donors (Lipinski definition) is 1. The molecule has 2 aromatic rings. The Kier molecular flexibility index (Phi) is 6.28. The lowest BCUT2D eigenvalue weighted by Crippen LogP contribution is -2.31. The molecule has 0 spiro atoms. The fourth-order valence-electron chi connectivity index (χ4n) is 4.48. The quantitative estimate of drug-likeness (QED) is 0.746. The number of likely N-dealkylation sites (tertiary alicyclic amines) is 1. The summed E-state index contributed by atoms with van der Waals surface area (Å²) in [4.78, 5) is 28.0. The van der Waals surface area contributed by atoms with Crippen LogP contribution in [0.5, 0.6) is 0 Å². The fourth-order valence-corrected chi connectivity index (χ4v) is 4.48. The van der Waals surface area contributed by atoms with Gasteiger partial charge in [-0.05, 0) is 37.0 Å². The molecule has 0 bridgehead atoms. The van der Waals surface area contributed by atoms with Crippen molar-refractivity contribution in [3.63, 3.8) is 0 Å². The van der Waals surface area contributed by atoms with Gasteiger partial charge in [-0.2, -0.15) is 13.2 Å². The summed E-state index contributed by atoms with van der Waals surface area (Å²) in [6, 6.07) is 6.00. The van der Waals surface area contributed by atoms with Crippen molar-refractivity contribution in [1.82, 2.24) is 14.8 Å². The van der Waals surface area contributed by atoms with Crippen molar-refractivity contribution in [2.75, 3.05) is 19.7 Å². The van der Waals surface area contributed by atoms with Gasteiger partial charge in [0.2, 0.25) is 0 Å². The molecule has 1 atom stereocenters. The normalized spacial score (nSPS) is 17.2. The smallest absolute Gasteiger partial charge is 0.373 e. The zero-order chi connectivity index (χ0) is 22.9. The Bertz CT molecular complexity index is 1010. The predicted octanol–water partition coefficient (Wildman–Crippen LogP) is 4.15. The second-order valence-electron chi connectivity index (χ2n) is 8.11. The lowest BCUT2D eigenvalue weighted by Gasteiger charge is -2.23. The number of carbonyl (C=O) groups is 2. The highest BCUT2D eigenvalue weighted by atomic mass is 19.4. The number of carbonyl (C=O) groups excluding carboxylic acids is 2. The molecule has 6 nitrogen and oxygen atoms in total. The van der Waals surface area contributed by atoms with Gasteiger partial charge in [0.25, 0.3) is 11.8 Å². The summed E-state index contributed by atoms with van der Waals surface area (Å²) in [6.07, 6.45) is -2.34. The van der Waals surface area contributed by atoms with E-state index in [1.807, 2.05) is 4.57 Å². The van der Waals surface area contributed by atoms with Crippen LogP contribution < -0.4 is 5.32 Å². The maximum atomic E-state index is 13.5. The largest absolute Gasteiger partial charge is 0.416 e. The first-order chi connectivity index (χ1) is 15.3. The van der Waals surface area contributed by atoms with Gasteiger partial charge >= 0.3 is 6.18 Å². The summed E-state index contributed by atoms with van der Waals surface area (Å²) >= 11 is 0.